The van der Waals surface area contributed by atoms with Gasteiger partial charge in [0.05, 0.1) is 0 Å². The summed E-state index contributed by atoms with van der Waals surface area (Å²) < 4.78 is 0. The molecule has 0 aromatic carbocycles. The number of unbranched alkanes of at least 4 members (excludes halogenated alkanes) is 13. The van der Waals surface area contributed by atoms with Crippen molar-refractivity contribution < 1.29 is 22.4 Å². The Hall–Kier alpha value is 1.09. The molecule has 0 aromatic heterocycles. The van der Waals surface area contributed by atoms with Crippen LogP contribution in [0.15, 0.2) is 0 Å². The normalized spacial score (nSPS) is 9.67. The van der Waals surface area contributed by atoms with E-state index < -0.39 is 0 Å². The van der Waals surface area contributed by atoms with E-state index >= 15 is 0 Å². The van der Waals surface area contributed by atoms with Crippen molar-refractivity contribution in [3.05, 3.63) is 6.92 Å². The van der Waals surface area contributed by atoms with E-state index in [1.807, 2.05) is 0 Å². The largest absolute Gasteiger partial charge is 0.813 e. The molecule has 0 aliphatic carbocycles. The van der Waals surface area contributed by atoms with Gasteiger partial charge in [-0.25, -0.2) is 0 Å². The molecule has 0 N–H and O–H groups in total. The minimum atomic E-state index is 0. The SMILES string of the molecule is [Au].[CH2-]CCCCCCCCCCCCCCC.[SH-]. The van der Waals surface area contributed by atoms with Crippen LogP contribution in [0.25, 0.3) is 0 Å². The van der Waals surface area contributed by atoms with E-state index in [4.69, 9.17) is 0 Å². The minimum Gasteiger partial charge on any atom is -0.813 e. The Kier molecular flexibility index (Phi) is 31.1. The minimum absolute atomic E-state index is 0. The Labute approximate surface area is 139 Å². The zero-order valence-corrected chi connectivity index (χ0v) is 15.4. The molecule has 0 amide bonds. The Bertz CT molecular complexity index is 104. The van der Waals surface area contributed by atoms with E-state index in [1.165, 1.54) is 83.5 Å². The maximum atomic E-state index is 3.87. The zero-order valence-electron chi connectivity index (χ0n) is 12.4. The van der Waals surface area contributed by atoms with Crippen LogP contribution in [-0.2, 0) is 35.9 Å². The van der Waals surface area contributed by atoms with E-state index in [9.17, 15) is 0 Å². The number of thiol groups is 1. The zero-order chi connectivity index (χ0) is 11.9. The first-order chi connectivity index (χ1) is 7.91. The van der Waals surface area contributed by atoms with Crippen LogP contribution in [0.3, 0.4) is 0 Å². The summed E-state index contributed by atoms with van der Waals surface area (Å²) in [5, 5.41) is 0. The Morgan fingerprint density at radius 1 is 0.556 bits per heavy atom. The Balaban J connectivity index is -0.00000112. The fraction of sp³-hybridized carbons (Fsp3) is 0.938. The Morgan fingerprint density at radius 3 is 1.11 bits per heavy atom. The van der Waals surface area contributed by atoms with Gasteiger partial charge in [0.25, 0.3) is 0 Å². The quantitative estimate of drug-likeness (QED) is 0.107. The number of rotatable bonds is 13. The summed E-state index contributed by atoms with van der Waals surface area (Å²) in [6.45, 7) is 6.16. The van der Waals surface area contributed by atoms with E-state index in [2.05, 4.69) is 13.8 Å². The average Bonchev–Trinajstić information content (AvgIpc) is 2.31. The molecule has 0 spiro atoms. The van der Waals surface area contributed by atoms with Crippen molar-refractivity contribution in [2.75, 3.05) is 0 Å². The molecular weight excluding hydrogens is 421 g/mol. The van der Waals surface area contributed by atoms with Gasteiger partial charge in [-0.3, -0.25) is 0 Å². The van der Waals surface area contributed by atoms with Gasteiger partial charge in [-0.1, -0.05) is 90.4 Å². The summed E-state index contributed by atoms with van der Waals surface area (Å²) in [6, 6.07) is 0. The second-order valence-corrected chi connectivity index (χ2v) is 5.10. The second-order valence-electron chi connectivity index (χ2n) is 5.10. The predicted octanol–water partition coefficient (Wildman–Crippen LogP) is 6.03. The monoisotopic (exact) mass is 455 g/mol. The van der Waals surface area contributed by atoms with Crippen LogP contribution in [0.2, 0.25) is 0 Å². The molecule has 18 heavy (non-hydrogen) atoms. The van der Waals surface area contributed by atoms with Crippen LogP contribution in [0, 0.1) is 6.92 Å². The molecule has 0 aliphatic rings. The fourth-order valence-corrected chi connectivity index (χ4v) is 2.19. The van der Waals surface area contributed by atoms with Gasteiger partial charge in [-0.2, -0.15) is 6.42 Å². The molecule has 0 bridgehead atoms. The van der Waals surface area contributed by atoms with E-state index in [0.29, 0.717) is 0 Å². The van der Waals surface area contributed by atoms with Gasteiger partial charge in [0, 0.05) is 22.4 Å². The van der Waals surface area contributed by atoms with E-state index in [0.717, 1.165) is 6.42 Å². The van der Waals surface area contributed by atoms with Crippen molar-refractivity contribution in [2.24, 2.45) is 0 Å². The van der Waals surface area contributed by atoms with Gasteiger partial charge in [0.2, 0.25) is 0 Å². The maximum absolute atomic E-state index is 3.87. The van der Waals surface area contributed by atoms with Crippen molar-refractivity contribution in [1.82, 2.24) is 0 Å². The smallest absolute Gasteiger partial charge is 0 e. The predicted molar refractivity (Wildman–Crippen MR) is 84.4 cm³/mol. The summed E-state index contributed by atoms with van der Waals surface area (Å²) in [5.74, 6) is 0. The first kappa shape index (κ1) is 24.1. The third-order valence-electron chi connectivity index (χ3n) is 3.35. The molecule has 0 saturated carbocycles. The standard InChI is InChI=1S/C16H33.Au.H2S/c1-3-5-7-9-11-13-15-16-14-12-10-8-6-4-2;;/h1,3-16H2,2H3;;1H2/q-1;;/p-1. The number of hydrogen-bond donors (Lipinski definition) is 0. The molecule has 0 unspecified atom stereocenters. The topological polar surface area (TPSA) is 0 Å². The summed E-state index contributed by atoms with van der Waals surface area (Å²) in [5.41, 5.74) is 0. The molecular formula is C16H34AuS-2. The first-order valence-corrected chi connectivity index (χ1v) is 7.71. The van der Waals surface area contributed by atoms with Crippen LogP contribution in [0.4, 0.5) is 0 Å². The van der Waals surface area contributed by atoms with Crippen molar-refractivity contribution >= 4 is 13.5 Å². The second kappa shape index (κ2) is 23.2. The summed E-state index contributed by atoms with van der Waals surface area (Å²) in [7, 11) is 0. The van der Waals surface area contributed by atoms with Crippen LogP contribution in [-0.4, -0.2) is 0 Å². The van der Waals surface area contributed by atoms with Crippen LogP contribution < -0.4 is 0 Å². The molecule has 0 fully saturated rings. The first-order valence-electron chi connectivity index (χ1n) is 7.71. The third kappa shape index (κ3) is 22.3. The van der Waals surface area contributed by atoms with Crippen molar-refractivity contribution in [2.45, 2.75) is 96.8 Å². The van der Waals surface area contributed by atoms with Gasteiger partial charge in [-0.15, -0.1) is 0 Å². The summed E-state index contributed by atoms with van der Waals surface area (Å²) in [4.78, 5) is 0. The molecule has 0 aromatic rings. The molecule has 0 saturated heterocycles. The van der Waals surface area contributed by atoms with Crippen molar-refractivity contribution in [3.63, 3.8) is 0 Å². The van der Waals surface area contributed by atoms with Crippen LogP contribution in [0.5, 0.6) is 0 Å². The summed E-state index contributed by atoms with van der Waals surface area (Å²) >= 11 is 0. The van der Waals surface area contributed by atoms with Gasteiger partial charge < -0.3 is 20.4 Å². The van der Waals surface area contributed by atoms with Crippen LogP contribution >= 0.6 is 0 Å². The van der Waals surface area contributed by atoms with Gasteiger partial charge in [0.15, 0.2) is 0 Å². The van der Waals surface area contributed by atoms with E-state index in [-0.39, 0.29) is 35.9 Å². The molecule has 0 atom stereocenters. The third-order valence-corrected chi connectivity index (χ3v) is 3.35. The Morgan fingerprint density at radius 2 is 0.833 bits per heavy atom. The fourth-order valence-electron chi connectivity index (χ4n) is 2.19. The molecule has 117 valence electrons. The van der Waals surface area contributed by atoms with Gasteiger partial charge in [0.1, 0.15) is 0 Å². The molecule has 0 heterocycles. The van der Waals surface area contributed by atoms with E-state index in [1.54, 1.807) is 0 Å². The molecule has 0 nitrogen and oxygen atoms in total. The van der Waals surface area contributed by atoms with Gasteiger partial charge in [-0.05, 0) is 0 Å². The maximum Gasteiger partial charge on any atom is 0 e. The average molecular weight is 455 g/mol. The molecule has 0 aliphatic heterocycles. The molecule has 2 heteroatoms. The molecule has 1 radical (unpaired) electrons. The summed E-state index contributed by atoms with van der Waals surface area (Å²) in [6.07, 6.45) is 19.8. The van der Waals surface area contributed by atoms with Crippen molar-refractivity contribution in [3.8, 4) is 0 Å². The van der Waals surface area contributed by atoms with Crippen molar-refractivity contribution in [1.29, 1.82) is 0 Å². The van der Waals surface area contributed by atoms with Gasteiger partial charge >= 0.3 is 0 Å². The number of hydrogen-bond acceptors (Lipinski definition) is 1. The van der Waals surface area contributed by atoms with Crippen LogP contribution in [0.1, 0.15) is 96.8 Å². The molecule has 0 rings (SSSR count).